The molecule has 0 bridgehead atoms. The first kappa shape index (κ1) is 34.7. The maximum absolute atomic E-state index is 14.1. The van der Waals surface area contributed by atoms with E-state index in [1.165, 1.54) is 30.5 Å². The molecule has 0 aliphatic heterocycles. The zero-order valence-electron chi connectivity index (χ0n) is 26.4. The minimum absolute atomic E-state index is 0. The third-order valence-corrected chi connectivity index (χ3v) is 10.0. The molecule has 2 unspecified atom stereocenters. The van der Waals surface area contributed by atoms with Crippen molar-refractivity contribution in [1.82, 2.24) is 0 Å². The molecule has 0 radical (unpaired) electrons. The maximum atomic E-state index is 14.1. The van der Waals surface area contributed by atoms with Gasteiger partial charge in [0.1, 0.15) is 21.5 Å². The van der Waals surface area contributed by atoms with E-state index in [0.29, 0.717) is 12.0 Å². The van der Waals surface area contributed by atoms with Crippen LogP contribution in [0, 0.1) is 0 Å². The van der Waals surface area contributed by atoms with Crippen LogP contribution in [0.4, 0.5) is 0 Å². The number of para-hydroxylation sites is 1. The van der Waals surface area contributed by atoms with E-state index in [4.69, 9.17) is 10.2 Å². The van der Waals surface area contributed by atoms with Crippen molar-refractivity contribution in [2.75, 3.05) is 0 Å². The Balaban J connectivity index is 0.00000433. The second-order valence-electron chi connectivity index (χ2n) is 12.0. The first-order valence-corrected chi connectivity index (χ1v) is 16.7. The van der Waals surface area contributed by atoms with Crippen LogP contribution in [0.2, 0.25) is 0 Å². The normalized spacial score (nSPS) is 15.3. The van der Waals surface area contributed by atoms with Crippen molar-refractivity contribution in [3.8, 4) is 11.3 Å². The summed E-state index contributed by atoms with van der Waals surface area (Å²) in [6, 6.07) is 31.5. The summed E-state index contributed by atoms with van der Waals surface area (Å²) in [6.45, 7) is 0.896. The molecule has 47 heavy (non-hydrogen) atoms. The van der Waals surface area contributed by atoms with Crippen LogP contribution < -0.4 is 35.3 Å². The third kappa shape index (κ3) is 7.44. The molecule has 0 saturated heterocycles. The van der Waals surface area contributed by atoms with E-state index >= 15 is 0 Å². The van der Waals surface area contributed by atoms with E-state index in [-0.39, 0.29) is 40.9 Å². The molecule has 1 heterocycles. The quantitative estimate of drug-likeness (QED) is 0.131. The van der Waals surface area contributed by atoms with Crippen LogP contribution in [-0.4, -0.2) is 29.4 Å². The Bertz CT molecular complexity index is 2010. The second-order valence-corrected chi connectivity index (χ2v) is 13.8. The third-order valence-electron chi connectivity index (χ3n) is 8.80. The van der Waals surface area contributed by atoms with Gasteiger partial charge in [0.2, 0.25) is 0 Å². The molecule has 0 spiro atoms. The molecule has 0 fully saturated rings. The van der Waals surface area contributed by atoms with E-state index in [2.05, 4.69) is 18.2 Å². The van der Waals surface area contributed by atoms with Gasteiger partial charge in [0.05, 0.1) is 5.92 Å². The van der Waals surface area contributed by atoms with Gasteiger partial charge < -0.3 is 14.7 Å². The van der Waals surface area contributed by atoms with Crippen molar-refractivity contribution < 1.29 is 56.5 Å². The number of fused-ring (bicyclic) bond motifs is 1. The van der Waals surface area contributed by atoms with Gasteiger partial charge in [0.25, 0.3) is 0 Å². The van der Waals surface area contributed by atoms with Crippen LogP contribution in [0.15, 0.2) is 114 Å². The summed E-state index contributed by atoms with van der Waals surface area (Å²) >= 11 is 0. The fraction of sp³-hybridized carbons (Fsp3) is 0.211. The Morgan fingerprint density at radius 2 is 1.51 bits per heavy atom. The van der Waals surface area contributed by atoms with Crippen LogP contribution in [-0.2, 0) is 16.5 Å². The fourth-order valence-corrected chi connectivity index (χ4v) is 6.29. The molecule has 0 saturated carbocycles. The van der Waals surface area contributed by atoms with Crippen LogP contribution >= 0.6 is 0 Å². The smallest absolute Gasteiger partial charge is 0.746 e. The van der Waals surface area contributed by atoms with Gasteiger partial charge in [-0.15, -0.1) is 0 Å². The summed E-state index contributed by atoms with van der Waals surface area (Å²) < 4.78 is 40.7. The SMILES string of the molecule is CC(N)(C(=O)c1ccc(CC(C(=O)c2ccc(-c3cc4ccccc4o3)cc2)c2ccc(C3=CCCCC3)cc2)cc1)S(=O)(=O)[O-].[Na+]. The molecule has 4 aromatic carbocycles. The molecule has 234 valence electrons. The van der Waals surface area contributed by atoms with Crippen LogP contribution in [0.3, 0.4) is 0 Å². The molecule has 2 N–H and O–H groups in total. The second kappa shape index (κ2) is 14.2. The first-order valence-electron chi connectivity index (χ1n) is 15.3. The number of benzene rings is 4. The Kier molecular flexibility index (Phi) is 10.5. The van der Waals surface area contributed by atoms with Gasteiger partial charge in [-0.25, -0.2) is 8.42 Å². The fourth-order valence-electron chi connectivity index (χ4n) is 5.94. The van der Waals surface area contributed by atoms with Crippen molar-refractivity contribution >= 4 is 38.2 Å². The minimum Gasteiger partial charge on any atom is -0.746 e. The first-order chi connectivity index (χ1) is 22.0. The van der Waals surface area contributed by atoms with Gasteiger partial charge in [-0.2, -0.15) is 0 Å². The van der Waals surface area contributed by atoms with Gasteiger partial charge in [-0.3, -0.25) is 9.59 Å². The molecule has 1 aliphatic carbocycles. The topological polar surface area (TPSA) is 130 Å². The molecule has 0 amide bonds. The largest absolute Gasteiger partial charge is 1.00 e. The Morgan fingerprint density at radius 3 is 2.13 bits per heavy atom. The predicted octanol–water partition coefficient (Wildman–Crippen LogP) is 4.67. The summed E-state index contributed by atoms with van der Waals surface area (Å²) in [5.41, 5.74) is 11.9. The molecular formula is C38H34NNaO6S. The number of carbonyl (C=O) groups excluding carboxylic acids is 2. The number of hydrogen-bond acceptors (Lipinski definition) is 7. The van der Waals surface area contributed by atoms with Crippen LogP contribution in [0.25, 0.3) is 27.9 Å². The van der Waals surface area contributed by atoms with Crippen LogP contribution in [0.1, 0.15) is 75.9 Å². The average Bonchev–Trinajstić information content (AvgIpc) is 3.51. The monoisotopic (exact) mass is 655 g/mol. The standard InChI is InChI=1S/C38H35NO6S.Na/c1-38(39,46(42,43)44)37(41)31-13-11-25(12-14-31)23-33(28-17-15-27(16-18-28)26-7-3-2-4-8-26)36(40)30-21-19-29(20-22-30)35-24-32-9-5-6-10-34(32)45-35;/h5-7,9-22,24,33H,2-4,8,23,39H2,1H3,(H,42,43,44);/q;+1/p-1. The van der Waals surface area contributed by atoms with E-state index in [0.717, 1.165) is 58.7 Å². The van der Waals surface area contributed by atoms with E-state index in [1.54, 1.807) is 12.1 Å². The Morgan fingerprint density at radius 1 is 0.872 bits per heavy atom. The van der Waals surface area contributed by atoms with Gasteiger partial charge >= 0.3 is 29.6 Å². The number of nitrogens with two attached hydrogens (primary N) is 1. The predicted molar refractivity (Wildman–Crippen MR) is 178 cm³/mol. The van der Waals surface area contributed by atoms with Crippen molar-refractivity contribution in [3.05, 3.63) is 137 Å². The molecule has 9 heteroatoms. The van der Waals surface area contributed by atoms with E-state index in [9.17, 15) is 22.6 Å². The van der Waals surface area contributed by atoms with E-state index < -0.39 is 26.7 Å². The number of Topliss-reactive ketones (excluding diaryl/α,β-unsaturated/α-hetero) is 2. The number of carbonyl (C=O) groups is 2. The van der Waals surface area contributed by atoms with Crippen molar-refractivity contribution in [2.24, 2.45) is 5.73 Å². The van der Waals surface area contributed by atoms with Gasteiger partial charge in [0, 0.05) is 22.1 Å². The Labute approximate surface area is 296 Å². The molecule has 2 atom stereocenters. The summed E-state index contributed by atoms with van der Waals surface area (Å²) in [5, 5.41) is 1.00. The number of rotatable bonds is 10. The van der Waals surface area contributed by atoms with E-state index in [1.807, 2.05) is 66.7 Å². The van der Waals surface area contributed by atoms with Gasteiger partial charge in [-0.05, 0) is 73.4 Å². The van der Waals surface area contributed by atoms with Crippen molar-refractivity contribution in [1.29, 1.82) is 0 Å². The minimum atomic E-state index is -5.07. The number of hydrogen-bond donors (Lipinski definition) is 1. The molecule has 1 aromatic heterocycles. The van der Waals surface area contributed by atoms with Gasteiger partial charge in [-0.1, -0.05) is 97.1 Å². The Hall–Kier alpha value is -3.63. The number of ketones is 2. The number of furan rings is 1. The maximum Gasteiger partial charge on any atom is 1.00 e. The molecule has 6 rings (SSSR count). The zero-order valence-corrected chi connectivity index (χ0v) is 29.3. The summed E-state index contributed by atoms with van der Waals surface area (Å²) in [4.78, 5) is 24.3. The molecular weight excluding hydrogens is 621 g/mol. The summed E-state index contributed by atoms with van der Waals surface area (Å²) in [6.07, 6.45) is 7.11. The van der Waals surface area contributed by atoms with Gasteiger partial charge in [0.15, 0.2) is 16.4 Å². The summed E-state index contributed by atoms with van der Waals surface area (Å²) in [5.74, 6) is -0.862. The number of allylic oxidation sites excluding steroid dienone is 2. The molecule has 5 aromatic rings. The van der Waals surface area contributed by atoms with Crippen molar-refractivity contribution in [2.45, 2.75) is 49.8 Å². The van der Waals surface area contributed by atoms with Crippen molar-refractivity contribution in [3.63, 3.8) is 0 Å². The van der Waals surface area contributed by atoms with Crippen LogP contribution in [0.5, 0.6) is 0 Å². The summed E-state index contributed by atoms with van der Waals surface area (Å²) in [7, 11) is -5.07. The molecule has 1 aliphatic rings. The average molecular weight is 656 g/mol. The molecule has 7 nitrogen and oxygen atoms in total. The zero-order chi connectivity index (χ0) is 32.5.